The van der Waals surface area contributed by atoms with Crippen molar-refractivity contribution in [3.05, 3.63) is 24.3 Å². The minimum atomic E-state index is -0.671. The Morgan fingerprint density at radius 2 is 0.627 bits per heavy atom. The predicted octanol–water partition coefficient (Wildman–Crippen LogP) is 21.8. The molecular formula is C69H133NO5. The van der Waals surface area contributed by atoms with E-state index in [-0.39, 0.29) is 18.5 Å². The molecule has 3 N–H and O–H groups in total. The molecule has 0 saturated carbocycles. The van der Waals surface area contributed by atoms with Crippen LogP contribution in [0.3, 0.4) is 0 Å². The van der Waals surface area contributed by atoms with Crippen LogP contribution in [-0.2, 0) is 14.3 Å². The van der Waals surface area contributed by atoms with Gasteiger partial charge in [0.05, 0.1) is 25.4 Å². The number of ether oxygens (including phenoxy) is 1. The van der Waals surface area contributed by atoms with Crippen molar-refractivity contribution in [1.82, 2.24) is 5.32 Å². The van der Waals surface area contributed by atoms with Gasteiger partial charge in [-0.2, -0.15) is 0 Å². The maximum atomic E-state index is 12.5. The number of aliphatic hydroxyl groups is 2. The van der Waals surface area contributed by atoms with Gasteiger partial charge in [0.25, 0.3) is 0 Å². The van der Waals surface area contributed by atoms with Crippen molar-refractivity contribution >= 4 is 11.9 Å². The fourth-order valence-electron chi connectivity index (χ4n) is 10.7. The zero-order chi connectivity index (χ0) is 54.3. The van der Waals surface area contributed by atoms with Crippen LogP contribution in [0, 0.1) is 0 Å². The summed E-state index contributed by atoms with van der Waals surface area (Å²) in [4.78, 5) is 24.6. The van der Waals surface area contributed by atoms with E-state index in [1.165, 1.54) is 302 Å². The van der Waals surface area contributed by atoms with Gasteiger partial charge in [0.15, 0.2) is 0 Å². The van der Waals surface area contributed by atoms with E-state index in [2.05, 4.69) is 43.5 Å². The molecule has 6 heteroatoms. The summed E-state index contributed by atoms with van der Waals surface area (Å²) in [7, 11) is 0. The Kier molecular flexibility index (Phi) is 63.4. The lowest BCUT2D eigenvalue weighted by atomic mass is 10.0. The van der Waals surface area contributed by atoms with E-state index in [0.29, 0.717) is 25.9 Å². The van der Waals surface area contributed by atoms with Crippen molar-refractivity contribution in [3.63, 3.8) is 0 Å². The molecule has 0 aromatic heterocycles. The number of allylic oxidation sites excluding steroid dienone is 4. The van der Waals surface area contributed by atoms with Gasteiger partial charge in [0.1, 0.15) is 0 Å². The quantitative estimate of drug-likeness (QED) is 0.0320. The Morgan fingerprint density at radius 1 is 0.360 bits per heavy atom. The average Bonchev–Trinajstić information content (AvgIpc) is 3.41. The first-order chi connectivity index (χ1) is 37.0. The summed E-state index contributed by atoms with van der Waals surface area (Å²) in [5.74, 6) is -0.0357. The highest BCUT2D eigenvalue weighted by Gasteiger charge is 2.20. The molecule has 0 aromatic carbocycles. The molecule has 0 saturated heterocycles. The smallest absolute Gasteiger partial charge is 0.305 e. The largest absolute Gasteiger partial charge is 0.466 e. The summed E-state index contributed by atoms with van der Waals surface area (Å²) in [5, 5.41) is 23.4. The first-order valence-corrected chi connectivity index (χ1v) is 34.1. The van der Waals surface area contributed by atoms with E-state index in [1.54, 1.807) is 0 Å². The second-order valence-electron chi connectivity index (χ2n) is 23.5. The number of rotatable bonds is 64. The van der Waals surface area contributed by atoms with E-state index in [1.807, 2.05) is 0 Å². The molecule has 2 atom stereocenters. The summed E-state index contributed by atoms with van der Waals surface area (Å²) in [6, 6.07) is -0.549. The number of hydrogen-bond donors (Lipinski definition) is 3. The van der Waals surface area contributed by atoms with E-state index in [9.17, 15) is 19.8 Å². The Labute approximate surface area is 469 Å². The van der Waals surface area contributed by atoms with Crippen molar-refractivity contribution in [2.75, 3.05) is 13.2 Å². The third-order valence-corrected chi connectivity index (χ3v) is 16.0. The number of carbonyl (C=O) groups excluding carboxylic acids is 2. The zero-order valence-electron chi connectivity index (χ0n) is 50.8. The Balaban J connectivity index is 3.42. The molecule has 0 aliphatic rings. The molecule has 0 aliphatic heterocycles. The molecule has 0 aliphatic carbocycles. The van der Waals surface area contributed by atoms with E-state index in [4.69, 9.17) is 4.74 Å². The standard InChI is InChI=1S/C69H133NO5/c1-3-5-7-9-11-13-15-17-19-21-23-26-29-33-37-41-45-49-53-57-61-67(72)66(65-71)70-68(73)62-58-54-50-46-42-38-34-30-27-24-25-28-32-36-40-44-48-52-56-60-64-75-69(74)63-59-55-51-47-43-39-35-31-22-20-18-16-14-12-10-8-6-4-2/h20,22,24,27,66-67,71-72H,3-19,21,23,25-26,28-65H2,1-2H3,(H,70,73)/b22-20-,27-24-. The normalized spacial score (nSPS) is 12.6. The summed E-state index contributed by atoms with van der Waals surface area (Å²) in [5.41, 5.74) is 0. The lowest BCUT2D eigenvalue weighted by molar-refractivity contribution is -0.143. The van der Waals surface area contributed by atoms with Gasteiger partial charge in [0, 0.05) is 12.8 Å². The molecule has 0 spiro atoms. The van der Waals surface area contributed by atoms with E-state index < -0.39 is 12.1 Å². The second-order valence-corrected chi connectivity index (χ2v) is 23.5. The highest BCUT2D eigenvalue weighted by molar-refractivity contribution is 5.76. The molecule has 6 nitrogen and oxygen atoms in total. The SMILES string of the molecule is CCCCCCCCC/C=C\CCCCCCCCCC(=O)OCCCCCCCCCCC/C=C\CCCCCCCCCC(=O)NC(CO)C(O)CCCCCCCCCCCCCCCCCCCCCC. The zero-order valence-corrected chi connectivity index (χ0v) is 50.8. The molecule has 75 heavy (non-hydrogen) atoms. The maximum absolute atomic E-state index is 12.5. The van der Waals surface area contributed by atoms with Crippen LogP contribution in [-0.4, -0.2) is 47.4 Å². The van der Waals surface area contributed by atoms with Crippen LogP contribution in [0.15, 0.2) is 24.3 Å². The van der Waals surface area contributed by atoms with Gasteiger partial charge in [-0.25, -0.2) is 0 Å². The van der Waals surface area contributed by atoms with Crippen LogP contribution in [0.2, 0.25) is 0 Å². The number of hydrogen-bond acceptors (Lipinski definition) is 5. The number of nitrogens with one attached hydrogen (secondary N) is 1. The summed E-state index contributed by atoms with van der Waals surface area (Å²) >= 11 is 0. The third-order valence-electron chi connectivity index (χ3n) is 16.0. The van der Waals surface area contributed by atoms with Crippen LogP contribution in [0.1, 0.15) is 380 Å². The Hall–Kier alpha value is -1.66. The lowest BCUT2D eigenvalue weighted by Gasteiger charge is -2.22. The van der Waals surface area contributed by atoms with E-state index >= 15 is 0 Å². The Bertz CT molecular complexity index is 1170. The summed E-state index contributed by atoms with van der Waals surface area (Å²) in [6.07, 6.45) is 80.6. The van der Waals surface area contributed by atoms with Gasteiger partial charge < -0.3 is 20.3 Å². The van der Waals surface area contributed by atoms with Gasteiger partial charge >= 0.3 is 5.97 Å². The highest BCUT2D eigenvalue weighted by Crippen LogP contribution is 2.18. The van der Waals surface area contributed by atoms with Crippen molar-refractivity contribution in [1.29, 1.82) is 0 Å². The Morgan fingerprint density at radius 3 is 0.947 bits per heavy atom. The monoisotopic (exact) mass is 1060 g/mol. The highest BCUT2D eigenvalue weighted by atomic mass is 16.5. The predicted molar refractivity (Wildman–Crippen MR) is 329 cm³/mol. The van der Waals surface area contributed by atoms with Crippen molar-refractivity contribution in [2.24, 2.45) is 0 Å². The molecule has 0 fully saturated rings. The van der Waals surface area contributed by atoms with Gasteiger partial charge in [-0.3, -0.25) is 9.59 Å². The first kappa shape index (κ1) is 73.3. The van der Waals surface area contributed by atoms with Gasteiger partial charge in [-0.15, -0.1) is 0 Å². The van der Waals surface area contributed by atoms with Crippen LogP contribution >= 0.6 is 0 Å². The van der Waals surface area contributed by atoms with Crippen molar-refractivity contribution in [3.8, 4) is 0 Å². The van der Waals surface area contributed by atoms with Gasteiger partial charge in [0.2, 0.25) is 5.91 Å². The summed E-state index contributed by atoms with van der Waals surface area (Å²) in [6.45, 7) is 4.97. The molecule has 1 amide bonds. The van der Waals surface area contributed by atoms with Crippen LogP contribution in [0.5, 0.6) is 0 Å². The van der Waals surface area contributed by atoms with Crippen LogP contribution in [0.4, 0.5) is 0 Å². The maximum Gasteiger partial charge on any atom is 0.305 e. The number of unbranched alkanes of at least 4 members (excludes halogenated alkanes) is 49. The third kappa shape index (κ3) is 61.4. The minimum Gasteiger partial charge on any atom is -0.466 e. The number of esters is 1. The minimum absolute atomic E-state index is 0.00426. The molecular weight excluding hydrogens is 923 g/mol. The average molecular weight is 1060 g/mol. The molecule has 444 valence electrons. The molecule has 0 aromatic rings. The first-order valence-electron chi connectivity index (χ1n) is 34.1. The second kappa shape index (κ2) is 64.9. The number of aliphatic hydroxyl groups excluding tert-OH is 2. The fraction of sp³-hybridized carbons (Fsp3) is 0.913. The summed E-state index contributed by atoms with van der Waals surface area (Å²) < 4.78 is 5.50. The molecule has 0 bridgehead atoms. The molecule has 0 rings (SSSR count). The number of carbonyl (C=O) groups is 2. The topological polar surface area (TPSA) is 95.9 Å². The number of amides is 1. The molecule has 0 heterocycles. The molecule has 2 unspecified atom stereocenters. The lowest BCUT2D eigenvalue weighted by Crippen LogP contribution is -2.45. The van der Waals surface area contributed by atoms with Crippen LogP contribution < -0.4 is 5.32 Å². The van der Waals surface area contributed by atoms with Gasteiger partial charge in [-0.05, 0) is 77.0 Å². The fourth-order valence-corrected chi connectivity index (χ4v) is 10.7. The molecule has 0 radical (unpaired) electrons. The van der Waals surface area contributed by atoms with Gasteiger partial charge in [-0.1, -0.05) is 314 Å². The van der Waals surface area contributed by atoms with Crippen molar-refractivity contribution in [2.45, 2.75) is 392 Å². The van der Waals surface area contributed by atoms with Crippen molar-refractivity contribution < 1.29 is 24.5 Å². The van der Waals surface area contributed by atoms with Crippen LogP contribution in [0.25, 0.3) is 0 Å². The van der Waals surface area contributed by atoms with E-state index in [0.717, 1.165) is 44.9 Å².